The molecule has 1 saturated heterocycles. The Labute approximate surface area is 155 Å². The van der Waals surface area contributed by atoms with Crippen LogP contribution in [-0.4, -0.2) is 39.3 Å². The predicted octanol–water partition coefficient (Wildman–Crippen LogP) is 3.50. The van der Waals surface area contributed by atoms with Crippen LogP contribution >= 0.6 is 11.6 Å². The van der Waals surface area contributed by atoms with Gasteiger partial charge in [-0.25, -0.2) is 0 Å². The maximum atomic E-state index is 12.4. The maximum absolute atomic E-state index is 12.4. The Kier molecular flexibility index (Phi) is 7.85. The highest BCUT2D eigenvalue weighted by molar-refractivity contribution is 6.32. The first-order valence-electron chi connectivity index (χ1n) is 9.00. The highest BCUT2D eigenvalue weighted by Gasteiger charge is 2.17. The predicted molar refractivity (Wildman–Crippen MR) is 101 cm³/mol. The van der Waals surface area contributed by atoms with E-state index in [2.05, 4.69) is 24.5 Å². The third kappa shape index (κ3) is 6.08. The van der Waals surface area contributed by atoms with Gasteiger partial charge in [-0.3, -0.25) is 4.79 Å². The van der Waals surface area contributed by atoms with E-state index in [1.165, 1.54) is 6.42 Å². The quantitative estimate of drug-likeness (QED) is 0.700. The van der Waals surface area contributed by atoms with Crippen LogP contribution in [0.25, 0.3) is 0 Å². The van der Waals surface area contributed by atoms with E-state index in [1.54, 1.807) is 19.2 Å². The minimum absolute atomic E-state index is 0.139. The molecule has 25 heavy (non-hydrogen) atoms. The molecule has 2 rings (SSSR count). The summed E-state index contributed by atoms with van der Waals surface area (Å²) in [4.78, 5) is 12.4. The van der Waals surface area contributed by atoms with E-state index in [0.717, 1.165) is 25.9 Å². The van der Waals surface area contributed by atoms with Gasteiger partial charge in [-0.1, -0.05) is 25.4 Å². The van der Waals surface area contributed by atoms with Crippen molar-refractivity contribution >= 4 is 17.5 Å². The zero-order chi connectivity index (χ0) is 18.2. The van der Waals surface area contributed by atoms with Crippen molar-refractivity contribution < 1.29 is 14.3 Å². The van der Waals surface area contributed by atoms with E-state index in [-0.39, 0.29) is 5.91 Å². The molecule has 140 valence electrons. The van der Waals surface area contributed by atoms with Crippen molar-refractivity contribution in [3.8, 4) is 11.5 Å². The van der Waals surface area contributed by atoms with E-state index in [9.17, 15) is 4.79 Å². The molecule has 1 aliphatic heterocycles. The molecule has 6 heteroatoms. The molecule has 1 fully saturated rings. The van der Waals surface area contributed by atoms with Crippen LogP contribution in [0.3, 0.4) is 0 Å². The van der Waals surface area contributed by atoms with Gasteiger partial charge < -0.3 is 20.1 Å². The molecule has 0 aromatic heterocycles. The fraction of sp³-hybridized carbons (Fsp3) is 0.632. The summed E-state index contributed by atoms with van der Waals surface area (Å²) in [6, 6.07) is 3.32. The lowest BCUT2D eigenvalue weighted by molar-refractivity contribution is 0.0951. The van der Waals surface area contributed by atoms with Crippen molar-refractivity contribution in [2.24, 2.45) is 11.8 Å². The van der Waals surface area contributed by atoms with Crippen molar-refractivity contribution in [3.63, 3.8) is 0 Å². The Balaban J connectivity index is 1.95. The van der Waals surface area contributed by atoms with Gasteiger partial charge in [-0.2, -0.15) is 0 Å². The molecule has 1 aromatic rings. The first kappa shape index (κ1) is 19.9. The number of halogens is 1. The summed E-state index contributed by atoms with van der Waals surface area (Å²) in [5, 5.41) is 6.69. The van der Waals surface area contributed by atoms with Gasteiger partial charge in [0.25, 0.3) is 5.91 Å². The fourth-order valence-corrected chi connectivity index (χ4v) is 3.11. The van der Waals surface area contributed by atoms with Crippen molar-refractivity contribution in [3.05, 3.63) is 22.7 Å². The van der Waals surface area contributed by atoms with Gasteiger partial charge in [-0.05, 0) is 56.3 Å². The number of rotatable bonds is 9. The summed E-state index contributed by atoms with van der Waals surface area (Å²) in [6.45, 7) is 7.61. The summed E-state index contributed by atoms with van der Waals surface area (Å²) in [5.74, 6) is 2.04. The first-order chi connectivity index (χ1) is 12.0. The largest absolute Gasteiger partial charge is 0.493 e. The van der Waals surface area contributed by atoms with Crippen LogP contribution in [0.5, 0.6) is 11.5 Å². The lowest BCUT2D eigenvalue weighted by atomic mass is 10.1. The van der Waals surface area contributed by atoms with Crippen LogP contribution in [-0.2, 0) is 0 Å². The second-order valence-corrected chi connectivity index (χ2v) is 7.33. The third-order valence-electron chi connectivity index (χ3n) is 4.43. The van der Waals surface area contributed by atoms with Crippen molar-refractivity contribution in [1.29, 1.82) is 0 Å². The number of nitrogens with one attached hydrogen (secondary N) is 2. The van der Waals surface area contributed by atoms with Crippen molar-refractivity contribution in [2.45, 2.75) is 33.1 Å². The van der Waals surface area contributed by atoms with Gasteiger partial charge in [0, 0.05) is 12.1 Å². The van der Waals surface area contributed by atoms with E-state index in [4.69, 9.17) is 21.1 Å². The van der Waals surface area contributed by atoms with E-state index in [1.807, 2.05) is 0 Å². The van der Waals surface area contributed by atoms with Crippen LogP contribution in [0.2, 0.25) is 5.02 Å². The van der Waals surface area contributed by atoms with Crippen LogP contribution in [0.1, 0.15) is 43.5 Å². The van der Waals surface area contributed by atoms with Gasteiger partial charge >= 0.3 is 0 Å². The van der Waals surface area contributed by atoms with E-state index < -0.39 is 0 Å². The molecule has 0 spiro atoms. The van der Waals surface area contributed by atoms with Crippen LogP contribution in [0.4, 0.5) is 0 Å². The lowest BCUT2D eigenvalue weighted by Crippen LogP contribution is -2.26. The SMILES string of the molecule is COc1cc(C(=O)NCCC2CCNC2)cc(Cl)c1OCCC(C)C. The van der Waals surface area contributed by atoms with E-state index >= 15 is 0 Å². The summed E-state index contributed by atoms with van der Waals surface area (Å²) in [5.41, 5.74) is 0.489. The fourth-order valence-electron chi connectivity index (χ4n) is 2.84. The maximum Gasteiger partial charge on any atom is 0.251 e. The van der Waals surface area contributed by atoms with Gasteiger partial charge in [0.1, 0.15) is 0 Å². The molecule has 0 radical (unpaired) electrons. The minimum Gasteiger partial charge on any atom is -0.493 e. The van der Waals surface area contributed by atoms with Gasteiger partial charge in [0.15, 0.2) is 11.5 Å². The Morgan fingerprint density at radius 3 is 2.88 bits per heavy atom. The molecule has 0 saturated carbocycles. The number of carbonyl (C=O) groups excluding carboxylic acids is 1. The highest BCUT2D eigenvalue weighted by atomic mass is 35.5. The Morgan fingerprint density at radius 1 is 1.44 bits per heavy atom. The van der Waals surface area contributed by atoms with Crippen LogP contribution in [0, 0.1) is 11.8 Å². The molecule has 1 heterocycles. The molecular weight excluding hydrogens is 340 g/mol. The summed E-state index contributed by atoms with van der Waals surface area (Å²) >= 11 is 6.32. The normalized spacial score (nSPS) is 16.9. The lowest BCUT2D eigenvalue weighted by Gasteiger charge is -2.15. The molecule has 2 N–H and O–H groups in total. The number of methoxy groups -OCH3 is 1. The number of hydrogen-bond donors (Lipinski definition) is 2. The third-order valence-corrected chi connectivity index (χ3v) is 4.71. The Bertz CT molecular complexity index is 572. The molecule has 1 aliphatic rings. The minimum atomic E-state index is -0.139. The molecule has 0 aliphatic carbocycles. The smallest absolute Gasteiger partial charge is 0.251 e. The summed E-state index contributed by atoms with van der Waals surface area (Å²) in [6.07, 6.45) is 3.09. The van der Waals surface area contributed by atoms with Gasteiger partial charge in [0.05, 0.1) is 18.7 Å². The van der Waals surface area contributed by atoms with Gasteiger partial charge in [-0.15, -0.1) is 0 Å². The Morgan fingerprint density at radius 2 is 2.24 bits per heavy atom. The number of ether oxygens (including phenoxy) is 2. The number of hydrogen-bond acceptors (Lipinski definition) is 4. The number of benzene rings is 1. The molecule has 1 atom stereocenters. The highest BCUT2D eigenvalue weighted by Crippen LogP contribution is 2.36. The standard InChI is InChI=1S/C19H29ClN2O3/c1-13(2)6-9-25-18-16(20)10-15(11-17(18)24-3)19(23)22-8-5-14-4-7-21-12-14/h10-11,13-14,21H,4-9,12H2,1-3H3,(H,22,23). The first-order valence-corrected chi connectivity index (χ1v) is 9.38. The van der Waals surface area contributed by atoms with E-state index in [0.29, 0.717) is 47.1 Å². The second-order valence-electron chi connectivity index (χ2n) is 6.92. The second kappa shape index (κ2) is 9.88. The average Bonchev–Trinajstić information content (AvgIpc) is 3.08. The topological polar surface area (TPSA) is 59.6 Å². The van der Waals surface area contributed by atoms with Gasteiger partial charge in [0.2, 0.25) is 0 Å². The number of amides is 1. The van der Waals surface area contributed by atoms with Crippen LogP contribution in [0.15, 0.2) is 12.1 Å². The monoisotopic (exact) mass is 368 g/mol. The zero-order valence-electron chi connectivity index (χ0n) is 15.4. The molecular formula is C19H29ClN2O3. The van der Waals surface area contributed by atoms with Crippen LogP contribution < -0.4 is 20.1 Å². The van der Waals surface area contributed by atoms with Crippen molar-refractivity contribution in [1.82, 2.24) is 10.6 Å². The Hall–Kier alpha value is -1.46. The van der Waals surface area contributed by atoms with Crippen molar-refractivity contribution in [2.75, 3.05) is 33.4 Å². The molecule has 1 amide bonds. The molecule has 1 unspecified atom stereocenters. The molecule has 5 nitrogen and oxygen atoms in total. The molecule has 0 bridgehead atoms. The zero-order valence-corrected chi connectivity index (χ0v) is 16.1. The average molecular weight is 369 g/mol. The molecule has 1 aromatic carbocycles. The summed E-state index contributed by atoms with van der Waals surface area (Å²) in [7, 11) is 1.55. The summed E-state index contributed by atoms with van der Waals surface area (Å²) < 4.78 is 11.1. The number of carbonyl (C=O) groups is 1.